The van der Waals surface area contributed by atoms with Gasteiger partial charge in [0.15, 0.2) is 0 Å². The zero-order valence-electron chi connectivity index (χ0n) is 3.85. The van der Waals surface area contributed by atoms with Gasteiger partial charge in [0.2, 0.25) is 0 Å². The summed E-state index contributed by atoms with van der Waals surface area (Å²) in [6.07, 6.45) is 1.68. The van der Waals surface area contributed by atoms with E-state index in [9.17, 15) is 0 Å². The van der Waals surface area contributed by atoms with Crippen LogP contribution in [0, 0.1) is 0 Å². The van der Waals surface area contributed by atoms with Crippen molar-refractivity contribution < 1.29 is 0 Å². The average molecular weight is 111 g/mol. The zero-order chi connectivity index (χ0) is 5.54. The minimum Gasteiger partial charge on any atom is -0.228 e. The third kappa shape index (κ3) is 5.32. The summed E-state index contributed by atoms with van der Waals surface area (Å²) in [4.78, 5) is 3.57. The fourth-order valence-corrected chi connectivity index (χ4v) is 0.222. The van der Waals surface area contributed by atoms with Crippen molar-refractivity contribution in [3.8, 4) is 0 Å². The van der Waals surface area contributed by atoms with Gasteiger partial charge < -0.3 is 0 Å². The zero-order valence-corrected chi connectivity index (χ0v) is 4.66. The maximum atomic E-state index is 4.28. The monoisotopic (exact) mass is 111 g/mol. The quantitative estimate of drug-likeness (QED) is 0.298. The van der Waals surface area contributed by atoms with Gasteiger partial charge in [-0.15, -0.1) is 5.73 Å². The number of thiocarbonyl (C=S) groups is 1. The van der Waals surface area contributed by atoms with E-state index < -0.39 is 0 Å². The Labute approximate surface area is 48.1 Å². The van der Waals surface area contributed by atoms with E-state index in [1.54, 1.807) is 6.08 Å². The van der Waals surface area contributed by atoms with Crippen LogP contribution in [0.3, 0.4) is 0 Å². The molecule has 0 unspecified atom stereocenters. The summed E-state index contributed by atoms with van der Waals surface area (Å²) in [5, 5.41) is 2.21. The number of rotatable bonds is 2. The van der Waals surface area contributed by atoms with Crippen LogP contribution >= 0.6 is 12.2 Å². The van der Waals surface area contributed by atoms with Crippen molar-refractivity contribution in [1.82, 2.24) is 0 Å². The van der Waals surface area contributed by atoms with E-state index in [4.69, 9.17) is 0 Å². The number of aliphatic imine (C=N–C) groups is 1. The summed E-state index contributed by atoms with van der Waals surface area (Å²) in [5.41, 5.74) is 2.55. The highest BCUT2D eigenvalue weighted by Gasteiger charge is 1.59. The Morgan fingerprint density at radius 3 is 3.00 bits per heavy atom. The molecule has 0 aromatic rings. The van der Waals surface area contributed by atoms with Crippen LogP contribution in [-0.2, 0) is 0 Å². The Kier molecular flexibility index (Phi) is 4.80. The maximum absolute atomic E-state index is 4.28. The molecule has 0 aromatic carbocycles. The van der Waals surface area contributed by atoms with Crippen LogP contribution < -0.4 is 0 Å². The van der Waals surface area contributed by atoms with Crippen molar-refractivity contribution in [3.63, 3.8) is 0 Å². The maximum Gasteiger partial charge on any atom is 0.0747 e. The number of hydrogen-bond acceptors (Lipinski definition) is 2. The number of nitrogens with zero attached hydrogens (tertiary/aromatic N) is 1. The Morgan fingerprint density at radius 2 is 2.57 bits per heavy atom. The second kappa shape index (κ2) is 5.32. The van der Waals surface area contributed by atoms with Gasteiger partial charge in [-0.1, -0.05) is 6.58 Å². The fraction of sp³-hybridized carbons (Fsp3) is 0.200. The Morgan fingerprint density at radius 1 is 1.86 bits per heavy atom. The lowest BCUT2D eigenvalue weighted by Crippen LogP contribution is -1.63. The lowest BCUT2D eigenvalue weighted by Gasteiger charge is -1.66. The predicted octanol–water partition coefficient (Wildman–Crippen LogP) is 1.43. The van der Waals surface area contributed by atoms with E-state index in [1.807, 2.05) is 0 Å². The smallest absolute Gasteiger partial charge is 0.0747 e. The van der Waals surface area contributed by atoms with Crippen molar-refractivity contribution in [1.29, 1.82) is 0 Å². The van der Waals surface area contributed by atoms with Gasteiger partial charge in [-0.25, -0.2) is 4.99 Å². The van der Waals surface area contributed by atoms with E-state index in [0.717, 1.165) is 0 Å². The highest BCUT2D eigenvalue weighted by Crippen LogP contribution is 1.65. The second-order valence-electron chi connectivity index (χ2n) is 0.840. The summed E-state index contributed by atoms with van der Waals surface area (Å²) >= 11 is 4.28. The Bertz CT molecular complexity index is 111. The predicted molar refractivity (Wildman–Crippen MR) is 33.6 cm³/mol. The fourth-order valence-electron chi connectivity index (χ4n) is 0.147. The van der Waals surface area contributed by atoms with Gasteiger partial charge >= 0.3 is 0 Å². The average Bonchev–Trinajstić information content (AvgIpc) is 1.69. The third-order valence-electron chi connectivity index (χ3n) is 0.391. The number of isothiocyanates is 1. The molecule has 0 N–H and O–H groups in total. The molecule has 1 nitrogen and oxygen atoms in total. The molecule has 7 heavy (non-hydrogen) atoms. The van der Waals surface area contributed by atoms with Gasteiger partial charge in [-0.3, -0.25) is 0 Å². The molecule has 0 saturated heterocycles. The van der Waals surface area contributed by atoms with Gasteiger partial charge in [-0.05, 0) is 18.3 Å². The highest BCUT2D eigenvalue weighted by molar-refractivity contribution is 7.78. The van der Waals surface area contributed by atoms with E-state index in [2.05, 4.69) is 34.7 Å². The van der Waals surface area contributed by atoms with Gasteiger partial charge in [0.05, 0.1) is 11.7 Å². The highest BCUT2D eigenvalue weighted by atomic mass is 32.1. The molecule has 0 fully saturated rings. The van der Waals surface area contributed by atoms with Crippen molar-refractivity contribution >= 4 is 17.4 Å². The minimum atomic E-state index is 0.549. The molecule has 36 valence electrons. The van der Waals surface area contributed by atoms with E-state index in [-0.39, 0.29) is 0 Å². The van der Waals surface area contributed by atoms with Crippen LogP contribution in [0.15, 0.2) is 23.4 Å². The van der Waals surface area contributed by atoms with Gasteiger partial charge in [0.1, 0.15) is 0 Å². The molecule has 0 heterocycles. The van der Waals surface area contributed by atoms with Crippen molar-refractivity contribution in [3.05, 3.63) is 18.4 Å². The van der Waals surface area contributed by atoms with Crippen LogP contribution in [0.4, 0.5) is 0 Å². The molecule has 0 aliphatic carbocycles. The molecule has 0 atom stereocenters. The van der Waals surface area contributed by atoms with E-state index in [1.165, 1.54) is 0 Å². The first-order valence-electron chi connectivity index (χ1n) is 1.79. The molecule has 0 amide bonds. The molecular weight excluding hydrogens is 106 g/mol. The molecule has 0 rings (SSSR count). The lowest BCUT2D eigenvalue weighted by atomic mass is 10.6. The molecule has 0 aliphatic rings. The SMILES string of the molecule is C=C=CCN=C=S. The molecule has 0 aromatic heterocycles. The van der Waals surface area contributed by atoms with E-state index >= 15 is 0 Å². The normalized spacial score (nSPS) is 5.71. The Balaban J connectivity index is 3.33. The summed E-state index contributed by atoms with van der Waals surface area (Å²) in [6, 6.07) is 0. The molecule has 2 heteroatoms. The first-order chi connectivity index (χ1) is 3.41. The third-order valence-corrected chi connectivity index (χ3v) is 0.521. The molecular formula is C5H5NS. The van der Waals surface area contributed by atoms with Crippen molar-refractivity contribution in [2.24, 2.45) is 4.99 Å². The summed E-state index contributed by atoms with van der Waals surface area (Å²) in [5.74, 6) is 0. The van der Waals surface area contributed by atoms with Crippen molar-refractivity contribution in [2.45, 2.75) is 0 Å². The Hall–Kier alpha value is -0.680. The van der Waals surface area contributed by atoms with Crippen LogP contribution in [0.2, 0.25) is 0 Å². The van der Waals surface area contributed by atoms with Crippen LogP contribution in [0.1, 0.15) is 0 Å². The van der Waals surface area contributed by atoms with Crippen molar-refractivity contribution in [2.75, 3.05) is 6.54 Å². The number of hydrogen-bond donors (Lipinski definition) is 0. The van der Waals surface area contributed by atoms with E-state index in [0.29, 0.717) is 6.54 Å². The standard InChI is InChI=1S/C5H5NS/c1-2-3-4-6-5-7/h3H,1,4H2. The minimum absolute atomic E-state index is 0.549. The summed E-state index contributed by atoms with van der Waals surface area (Å²) in [7, 11) is 0. The van der Waals surface area contributed by atoms with Crippen LogP contribution in [-0.4, -0.2) is 11.7 Å². The lowest BCUT2D eigenvalue weighted by molar-refractivity contribution is 1.27. The molecule has 0 aliphatic heterocycles. The van der Waals surface area contributed by atoms with Gasteiger partial charge in [-0.2, -0.15) is 0 Å². The summed E-state index contributed by atoms with van der Waals surface area (Å²) < 4.78 is 0. The first-order valence-corrected chi connectivity index (χ1v) is 2.20. The van der Waals surface area contributed by atoms with Crippen LogP contribution in [0.5, 0.6) is 0 Å². The largest absolute Gasteiger partial charge is 0.228 e. The van der Waals surface area contributed by atoms with Gasteiger partial charge in [0.25, 0.3) is 0 Å². The van der Waals surface area contributed by atoms with Gasteiger partial charge in [0, 0.05) is 0 Å². The van der Waals surface area contributed by atoms with Crippen LogP contribution in [0.25, 0.3) is 0 Å². The second-order valence-corrected chi connectivity index (χ2v) is 1.02. The summed E-state index contributed by atoms with van der Waals surface area (Å²) in [6.45, 7) is 3.88. The first kappa shape index (κ1) is 6.32. The molecule has 0 bridgehead atoms. The topological polar surface area (TPSA) is 12.4 Å². The molecule has 0 radical (unpaired) electrons. The molecule has 0 spiro atoms. The molecule has 0 saturated carbocycles.